The van der Waals surface area contributed by atoms with E-state index in [4.69, 9.17) is 14.6 Å². The number of ether oxygens (including phenoxy) is 2. The molecule has 1 fully saturated rings. The Hall–Kier alpha value is -9.69. The van der Waals surface area contributed by atoms with Gasteiger partial charge in [0.25, 0.3) is 41.2 Å². The maximum atomic E-state index is 13.7. The molecule has 0 aromatic heterocycles. The summed E-state index contributed by atoms with van der Waals surface area (Å²) < 4.78 is 10.2. The fraction of sp³-hybridized carbons (Fsp3) is 0.327. The first-order valence-corrected chi connectivity index (χ1v) is 23.8. The summed E-state index contributed by atoms with van der Waals surface area (Å²) in [5.41, 5.74) is 0.617. The minimum atomic E-state index is -1.55. The molecule has 3 aliphatic heterocycles. The number of para-hydroxylation sites is 5. The lowest BCUT2D eigenvalue weighted by Gasteiger charge is -2.26. The molecule has 7 rings (SSSR count). The number of aldehydes is 1. The lowest BCUT2D eigenvalue weighted by atomic mass is 10.1. The van der Waals surface area contributed by atoms with Crippen LogP contribution >= 0.6 is 0 Å². The average molecular weight is 1130 g/mol. The Morgan fingerprint density at radius 3 is 1.56 bits per heavy atom. The van der Waals surface area contributed by atoms with E-state index < -0.39 is 140 Å². The molecule has 3 aliphatic rings. The fourth-order valence-electron chi connectivity index (χ4n) is 8.44. The number of cyclic esters (lactones) is 1. The van der Waals surface area contributed by atoms with Gasteiger partial charge in [-0.1, -0.05) is 89.0 Å². The van der Waals surface area contributed by atoms with Gasteiger partial charge in [0.2, 0.25) is 17.6 Å². The first kappa shape index (κ1) is 65.6. The summed E-state index contributed by atoms with van der Waals surface area (Å²) in [6.07, 6.45) is -1.02. The first-order chi connectivity index (χ1) is 37.3. The number of anilines is 4. The number of fused-ring (bicyclic) bond motifs is 2. The number of aliphatic hydroxyl groups excluding tert-OH is 2. The number of carboxylic acids is 1. The maximum absolute atomic E-state index is 13.7. The quantitative estimate of drug-likeness (QED) is 0.0306. The van der Waals surface area contributed by atoms with Crippen molar-refractivity contribution in [3.05, 3.63) is 114 Å². The van der Waals surface area contributed by atoms with Gasteiger partial charge in [0.05, 0.1) is 73.4 Å². The van der Waals surface area contributed by atoms with E-state index in [1.165, 1.54) is 67.8 Å². The number of carbonyl (C=O) groups excluding carboxylic acids is 12. The molecule has 4 aromatic rings. The highest BCUT2D eigenvalue weighted by atomic mass is 16.6. The molecule has 0 saturated carbocycles. The molecule has 26 nitrogen and oxygen atoms in total. The smallest absolute Gasteiger partial charge is 0.308 e. The molecule has 0 aliphatic carbocycles. The van der Waals surface area contributed by atoms with Crippen molar-refractivity contribution in [2.24, 2.45) is 0 Å². The number of Topliss-reactive ketones (excluding diaryl/α,β-unsaturated/α-hetero) is 2. The molecule has 3 heterocycles. The highest BCUT2D eigenvalue weighted by Gasteiger charge is 2.41. The molecule has 7 N–H and O–H groups in total. The van der Waals surface area contributed by atoms with Crippen LogP contribution in [0.2, 0.25) is 0 Å². The molecular formula is C55H64N8O18. The van der Waals surface area contributed by atoms with Gasteiger partial charge in [-0.15, -0.1) is 0 Å². The zero-order valence-electron chi connectivity index (χ0n) is 41.7. The van der Waals surface area contributed by atoms with Crippen LogP contribution in [-0.2, 0) is 57.5 Å². The Morgan fingerprint density at radius 1 is 0.642 bits per heavy atom. The van der Waals surface area contributed by atoms with Gasteiger partial charge in [-0.05, 0) is 43.3 Å². The van der Waals surface area contributed by atoms with Crippen molar-refractivity contribution in [2.45, 2.75) is 72.3 Å². The van der Waals surface area contributed by atoms with Gasteiger partial charge in [-0.25, -0.2) is 0 Å². The van der Waals surface area contributed by atoms with Crippen LogP contribution in [0.5, 0.6) is 5.75 Å². The van der Waals surface area contributed by atoms with E-state index in [0.29, 0.717) is 0 Å². The first-order valence-electron chi connectivity index (χ1n) is 23.8. The number of methoxy groups -OCH3 is 1. The third-order valence-electron chi connectivity index (χ3n) is 12.2. The third kappa shape index (κ3) is 16.0. The monoisotopic (exact) mass is 1120 g/mol. The molecule has 81 heavy (non-hydrogen) atoms. The number of nitrogens with one attached hydrogen (secondary N) is 4. The number of carboxylic acid groups (broad SMARTS) is 1. The van der Waals surface area contributed by atoms with Gasteiger partial charge in [-0.3, -0.25) is 67.3 Å². The van der Waals surface area contributed by atoms with Crippen LogP contribution in [0.4, 0.5) is 22.7 Å². The normalized spacial score (nSPS) is 17.3. The predicted octanol–water partition coefficient (Wildman–Crippen LogP) is 0.348. The fourth-order valence-corrected chi connectivity index (χ4v) is 8.44. The Morgan fingerprint density at radius 2 is 1.10 bits per heavy atom. The summed E-state index contributed by atoms with van der Waals surface area (Å²) in [6, 6.07) is 20.9. The van der Waals surface area contributed by atoms with Crippen LogP contribution < -0.4 is 45.6 Å². The van der Waals surface area contributed by atoms with Gasteiger partial charge < -0.3 is 60.7 Å². The number of hydrogen-bond acceptors (Lipinski definition) is 17. The minimum absolute atomic E-state index is 0. The second kappa shape index (κ2) is 29.9. The topological polar surface area (TPSA) is 362 Å². The number of ketones is 2. The number of nitrogens with zero attached hydrogens (tertiary/aromatic N) is 4. The number of benzene rings is 4. The van der Waals surface area contributed by atoms with Crippen LogP contribution in [0.3, 0.4) is 0 Å². The van der Waals surface area contributed by atoms with Gasteiger partial charge in [0, 0.05) is 5.56 Å². The zero-order valence-corrected chi connectivity index (χ0v) is 41.7. The number of rotatable bonds is 18. The standard InChI is InChI=1S/C26H26N4O10.C26H26N4O8.3CH4/c1-40-20-9-5-2-6-16(20)24(37)25(38)28-17-11-29(22(34)14-32)18-7-3-4-8-19(18)30(26(17)39)12-21(33)27-15(13-31)10-23(35)36;1-15-17(11-23(34)38-15)27-21(32)13-30-20-10-6-5-9-19(20)29(22(33)14-31)12-18(26(30)37)28-25(36)24(35)16-7-3-2-4-8-16;;;/h2-9,13,15,17,32H,10-12,14H2,1H3,(H,27,33)(H,28,38)(H,35,36);2-10,15,17-18,31H,11-14H2,1H3,(H,27,32)(H,28,36);3*1H4/t15-,17-;15?,17-,18-;;;/m00.../s1. The van der Waals surface area contributed by atoms with E-state index in [0.717, 1.165) is 19.6 Å². The number of hydrogen-bond donors (Lipinski definition) is 7. The summed E-state index contributed by atoms with van der Waals surface area (Å²) in [4.78, 5) is 168. The average Bonchev–Trinajstić information content (AvgIpc) is 3.74. The van der Waals surface area contributed by atoms with E-state index in [1.54, 1.807) is 49.4 Å². The maximum Gasteiger partial charge on any atom is 0.308 e. The van der Waals surface area contributed by atoms with E-state index in [-0.39, 0.29) is 81.2 Å². The molecule has 5 atom stereocenters. The van der Waals surface area contributed by atoms with Gasteiger partial charge in [-0.2, -0.15) is 0 Å². The molecule has 4 aromatic carbocycles. The summed E-state index contributed by atoms with van der Waals surface area (Å²) >= 11 is 0. The molecule has 0 spiro atoms. The minimum Gasteiger partial charge on any atom is -0.496 e. The summed E-state index contributed by atoms with van der Waals surface area (Å²) in [7, 11) is 1.31. The van der Waals surface area contributed by atoms with Crippen LogP contribution in [-0.4, -0.2) is 169 Å². The van der Waals surface area contributed by atoms with Crippen molar-refractivity contribution in [1.29, 1.82) is 0 Å². The number of aliphatic carboxylic acids is 1. The van der Waals surface area contributed by atoms with E-state index in [9.17, 15) is 72.5 Å². The van der Waals surface area contributed by atoms with Crippen molar-refractivity contribution in [3.8, 4) is 5.75 Å². The lowest BCUT2D eigenvalue weighted by molar-refractivity contribution is -0.141. The van der Waals surface area contributed by atoms with Gasteiger partial charge in [0.1, 0.15) is 56.5 Å². The van der Waals surface area contributed by atoms with E-state index >= 15 is 0 Å². The van der Waals surface area contributed by atoms with Crippen LogP contribution in [0.25, 0.3) is 0 Å². The summed E-state index contributed by atoms with van der Waals surface area (Å²) in [5, 5.41) is 37.6. The third-order valence-corrected chi connectivity index (χ3v) is 12.2. The van der Waals surface area contributed by atoms with Gasteiger partial charge in [0.15, 0.2) is 0 Å². The van der Waals surface area contributed by atoms with E-state index in [1.807, 2.05) is 0 Å². The van der Waals surface area contributed by atoms with Crippen LogP contribution in [0, 0.1) is 0 Å². The molecule has 1 saturated heterocycles. The molecule has 432 valence electrons. The Bertz CT molecular complexity index is 3030. The number of aliphatic hydroxyl groups is 2. The zero-order chi connectivity index (χ0) is 56.8. The lowest BCUT2D eigenvalue weighted by Crippen LogP contribution is -2.56. The number of amides is 8. The van der Waals surface area contributed by atoms with Crippen molar-refractivity contribution in [2.75, 3.05) is 66.1 Å². The molecule has 8 amide bonds. The second-order valence-corrected chi connectivity index (χ2v) is 17.4. The van der Waals surface area contributed by atoms with Crippen LogP contribution in [0.15, 0.2) is 103 Å². The summed E-state index contributed by atoms with van der Waals surface area (Å²) in [5.74, 6) is -10.6. The molecule has 26 heteroatoms. The SMILES string of the molecule is C.C.C.CC1OC(=O)C[C@@H]1NC(=O)CN1C(=O)[C@@H](NC(=O)C(=O)c2ccccc2)CN(C(=O)CO)c2ccccc21.COc1ccccc1C(=O)C(=O)N[C@H]1CN(C(=O)CO)c2ccccc2N(CC(=O)N[C@H](C=O)CC(=O)O)C1=O. The Labute approximate surface area is 465 Å². The summed E-state index contributed by atoms with van der Waals surface area (Å²) in [6.45, 7) is -2.30. The molecule has 1 unspecified atom stereocenters. The van der Waals surface area contributed by atoms with Crippen molar-refractivity contribution < 1.29 is 87.1 Å². The molecule has 0 bridgehead atoms. The second-order valence-electron chi connectivity index (χ2n) is 17.4. The molecular weight excluding hydrogens is 1060 g/mol. The van der Waals surface area contributed by atoms with Crippen molar-refractivity contribution >= 4 is 99.8 Å². The Kier molecular flexibility index (Phi) is 24.2. The molecule has 0 radical (unpaired) electrons. The van der Waals surface area contributed by atoms with E-state index in [2.05, 4.69) is 21.3 Å². The van der Waals surface area contributed by atoms with Crippen molar-refractivity contribution in [1.82, 2.24) is 21.3 Å². The largest absolute Gasteiger partial charge is 0.496 e. The number of esters is 1. The van der Waals surface area contributed by atoms with Crippen LogP contribution in [0.1, 0.15) is 62.8 Å². The highest BCUT2D eigenvalue weighted by molar-refractivity contribution is 6.44. The predicted molar refractivity (Wildman–Crippen MR) is 291 cm³/mol. The van der Waals surface area contributed by atoms with Gasteiger partial charge >= 0.3 is 11.9 Å². The highest BCUT2D eigenvalue weighted by Crippen LogP contribution is 2.34. The van der Waals surface area contributed by atoms with Crippen molar-refractivity contribution in [3.63, 3.8) is 0 Å². The number of carbonyl (C=O) groups is 13. The Balaban J connectivity index is 0.000000410.